The Morgan fingerprint density at radius 1 is 1.14 bits per heavy atom. The molecule has 1 amide bonds. The van der Waals surface area contributed by atoms with E-state index in [0.29, 0.717) is 36.8 Å². The molecule has 0 bridgehead atoms. The summed E-state index contributed by atoms with van der Waals surface area (Å²) in [4.78, 5) is 35.1. The smallest absolute Gasteiger partial charge is 0.417 e. The fourth-order valence-electron chi connectivity index (χ4n) is 3.24. The van der Waals surface area contributed by atoms with E-state index in [1.165, 1.54) is 24.4 Å². The van der Waals surface area contributed by atoms with Crippen LogP contribution in [0.25, 0.3) is 22.6 Å². The zero-order chi connectivity index (χ0) is 26.3. The minimum Gasteiger partial charge on any atom is -0.475 e. The summed E-state index contributed by atoms with van der Waals surface area (Å²) in [6, 6.07) is 7.81. The molecule has 192 valence electrons. The maximum atomic E-state index is 13.8. The van der Waals surface area contributed by atoms with Crippen molar-refractivity contribution in [2.24, 2.45) is 5.92 Å². The molecule has 11 heteroatoms. The van der Waals surface area contributed by atoms with Gasteiger partial charge in [0.25, 0.3) is 5.56 Å². The number of benzene rings is 1. The largest absolute Gasteiger partial charge is 0.475 e. The van der Waals surface area contributed by atoms with E-state index >= 15 is 0 Å². The second-order valence-electron chi connectivity index (χ2n) is 8.16. The molecule has 0 aliphatic rings. The Morgan fingerprint density at radius 2 is 1.92 bits per heavy atom. The number of pyridine rings is 1. The Balaban J connectivity index is 1.94. The Kier molecular flexibility index (Phi) is 8.81. The molecule has 0 aliphatic carbocycles. The van der Waals surface area contributed by atoms with Gasteiger partial charge in [0.15, 0.2) is 0 Å². The maximum Gasteiger partial charge on any atom is 0.417 e. The molecule has 0 unspecified atom stereocenters. The molecule has 2 aromatic heterocycles. The monoisotopic (exact) mass is 504 g/mol. The van der Waals surface area contributed by atoms with Gasteiger partial charge < -0.3 is 19.8 Å². The molecule has 2 heterocycles. The summed E-state index contributed by atoms with van der Waals surface area (Å²) in [5.74, 6) is -0.426. The number of halogens is 3. The highest BCUT2D eigenvalue weighted by molar-refractivity contribution is 5.78. The van der Waals surface area contributed by atoms with E-state index in [1.54, 1.807) is 26.0 Å². The first-order valence-electron chi connectivity index (χ1n) is 11.3. The highest BCUT2D eigenvalue weighted by Crippen LogP contribution is 2.36. The van der Waals surface area contributed by atoms with Crippen molar-refractivity contribution in [1.29, 1.82) is 0 Å². The summed E-state index contributed by atoms with van der Waals surface area (Å²) in [5, 5.41) is 2.67. The van der Waals surface area contributed by atoms with Crippen LogP contribution in [0.3, 0.4) is 0 Å². The number of amides is 1. The molecule has 0 saturated carbocycles. The van der Waals surface area contributed by atoms with Crippen LogP contribution in [-0.4, -0.2) is 40.7 Å². The van der Waals surface area contributed by atoms with Crippen molar-refractivity contribution in [1.82, 2.24) is 20.3 Å². The third kappa shape index (κ3) is 7.14. The van der Waals surface area contributed by atoms with Gasteiger partial charge in [-0.1, -0.05) is 19.9 Å². The van der Waals surface area contributed by atoms with Crippen molar-refractivity contribution in [3.8, 4) is 28.5 Å². The summed E-state index contributed by atoms with van der Waals surface area (Å²) in [5.41, 5.74) is -0.893. The van der Waals surface area contributed by atoms with Crippen LogP contribution in [0.4, 0.5) is 13.2 Å². The third-order valence-electron chi connectivity index (χ3n) is 5.09. The lowest BCUT2D eigenvalue weighted by Gasteiger charge is -2.15. The van der Waals surface area contributed by atoms with Crippen LogP contribution < -0.4 is 15.6 Å². The van der Waals surface area contributed by atoms with E-state index < -0.39 is 17.3 Å². The lowest BCUT2D eigenvalue weighted by molar-refractivity contribution is -0.137. The lowest BCUT2D eigenvalue weighted by atomic mass is 10.0. The third-order valence-corrected chi connectivity index (χ3v) is 5.09. The van der Waals surface area contributed by atoms with Gasteiger partial charge in [-0.25, -0.2) is 9.97 Å². The SMILES string of the molecule is CCOCCOc1ccc(-c2cc(=O)[nH]c(-c3cc(CNC(=O)C(C)C)ccc3C(F)(F)F)n2)cn1. The van der Waals surface area contributed by atoms with Gasteiger partial charge in [0, 0.05) is 48.5 Å². The standard InChI is InChI=1S/C25H27F3N4O4/c1-4-35-9-10-36-22-8-6-17(14-29-22)20-12-21(33)32-23(31-20)18-11-16(13-30-24(34)15(2)3)5-7-19(18)25(26,27)28/h5-8,11-12,14-15H,4,9-10,13H2,1-3H3,(H,30,34)(H,31,32,33). The number of hydrogen-bond acceptors (Lipinski definition) is 6. The summed E-state index contributed by atoms with van der Waals surface area (Å²) in [6.07, 6.45) is -3.27. The molecule has 0 atom stereocenters. The number of carbonyl (C=O) groups is 1. The molecule has 36 heavy (non-hydrogen) atoms. The number of ether oxygens (including phenoxy) is 2. The van der Waals surface area contributed by atoms with Gasteiger partial charge in [0.05, 0.1) is 17.9 Å². The molecule has 0 saturated heterocycles. The second-order valence-corrected chi connectivity index (χ2v) is 8.16. The minimum absolute atomic E-state index is 0.0285. The lowest BCUT2D eigenvalue weighted by Crippen LogP contribution is -2.27. The predicted molar refractivity (Wildman–Crippen MR) is 127 cm³/mol. The van der Waals surface area contributed by atoms with Gasteiger partial charge in [-0.15, -0.1) is 0 Å². The van der Waals surface area contributed by atoms with Crippen molar-refractivity contribution < 1.29 is 27.4 Å². The van der Waals surface area contributed by atoms with E-state index in [2.05, 4.69) is 20.3 Å². The first kappa shape index (κ1) is 26.9. The minimum atomic E-state index is -4.69. The number of aromatic nitrogens is 3. The van der Waals surface area contributed by atoms with Gasteiger partial charge in [-0.05, 0) is 30.7 Å². The number of hydrogen-bond donors (Lipinski definition) is 2. The molecule has 0 aliphatic heterocycles. The molecule has 8 nitrogen and oxygen atoms in total. The summed E-state index contributed by atoms with van der Waals surface area (Å²) >= 11 is 0. The second kappa shape index (κ2) is 11.8. The number of carbonyl (C=O) groups excluding carboxylic acids is 1. The van der Waals surface area contributed by atoms with Crippen LogP contribution in [0.5, 0.6) is 5.88 Å². The van der Waals surface area contributed by atoms with Crippen molar-refractivity contribution in [2.45, 2.75) is 33.5 Å². The highest BCUT2D eigenvalue weighted by atomic mass is 19.4. The average molecular weight is 505 g/mol. The van der Waals surface area contributed by atoms with E-state index in [1.807, 2.05) is 6.92 Å². The first-order valence-corrected chi connectivity index (χ1v) is 11.3. The molecule has 0 radical (unpaired) electrons. The van der Waals surface area contributed by atoms with E-state index in [4.69, 9.17) is 9.47 Å². The zero-order valence-corrected chi connectivity index (χ0v) is 20.1. The van der Waals surface area contributed by atoms with Crippen LogP contribution in [0.15, 0.2) is 47.4 Å². The molecule has 3 aromatic rings. The van der Waals surface area contributed by atoms with Crippen LogP contribution in [-0.2, 0) is 22.3 Å². The summed E-state index contributed by atoms with van der Waals surface area (Å²) in [6.45, 7) is 6.60. The Bertz CT molecular complexity index is 1240. The van der Waals surface area contributed by atoms with Crippen molar-refractivity contribution >= 4 is 5.91 Å². The summed E-state index contributed by atoms with van der Waals surface area (Å²) < 4.78 is 52.0. The fraction of sp³-hybridized carbons (Fsp3) is 0.360. The normalized spacial score (nSPS) is 11.5. The predicted octanol–water partition coefficient (Wildman–Crippen LogP) is 4.21. The number of nitrogens with zero attached hydrogens (tertiary/aromatic N) is 2. The molecule has 3 rings (SSSR count). The van der Waals surface area contributed by atoms with Crippen molar-refractivity contribution in [3.63, 3.8) is 0 Å². The average Bonchev–Trinajstić information content (AvgIpc) is 2.84. The molecule has 1 aromatic carbocycles. The number of aromatic amines is 1. The van der Waals surface area contributed by atoms with Gasteiger partial charge >= 0.3 is 6.18 Å². The quantitative estimate of drug-likeness (QED) is 0.401. The topological polar surface area (TPSA) is 106 Å². The van der Waals surface area contributed by atoms with Crippen LogP contribution in [0, 0.1) is 5.92 Å². The van der Waals surface area contributed by atoms with Crippen molar-refractivity contribution in [2.75, 3.05) is 19.8 Å². The fourth-order valence-corrected chi connectivity index (χ4v) is 3.24. The van der Waals surface area contributed by atoms with Crippen LogP contribution >= 0.6 is 0 Å². The maximum absolute atomic E-state index is 13.8. The van der Waals surface area contributed by atoms with Gasteiger partial charge in [0.2, 0.25) is 11.8 Å². The van der Waals surface area contributed by atoms with E-state index in [9.17, 15) is 22.8 Å². The van der Waals surface area contributed by atoms with E-state index in [0.717, 1.165) is 6.07 Å². The molecular weight excluding hydrogens is 477 g/mol. The van der Waals surface area contributed by atoms with Gasteiger partial charge in [0.1, 0.15) is 12.4 Å². The van der Waals surface area contributed by atoms with Crippen LogP contribution in [0.2, 0.25) is 0 Å². The number of rotatable bonds is 10. The number of nitrogens with one attached hydrogen (secondary N) is 2. The molecule has 0 fully saturated rings. The van der Waals surface area contributed by atoms with Gasteiger partial charge in [-0.2, -0.15) is 13.2 Å². The Hall–Kier alpha value is -3.73. The Morgan fingerprint density at radius 3 is 2.56 bits per heavy atom. The number of alkyl halides is 3. The molecule has 0 spiro atoms. The van der Waals surface area contributed by atoms with Crippen LogP contribution in [0.1, 0.15) is 31.9 Å². The molecular formula is C25H27F3N4O4. The van der Waals surface area contributed by atoms with E-state index in [-0.39, 0.29) is 35.5 Å². The Labute approximate surface area is 205 Å². The van der Waals surface area contributed by atoms with Crippen molar-refractivity contribution in [3.05, 3.63) is 64.1 Å². The first-order chi connectivity index (χ1) is 17.1. The molecule has 2 N–H and O–H groups in total. The highest BCUT2D eigenvalue weighted by Gasteiger charge is 2.34. The van der Waals surface area contributed by atoms with Gasteiger partial charge in [-0.3, -0.25) is 9.59 Å². The summed E-state index contributed by atoms with van der Waals surface area (Å²) in [7, 11) is 0. The number of H-pyrrole nitrogens is 1. The zero-order valence-electron chi connectivity index (χ0n) is 20.1.